The number of aromatic nitrogens is 2. The molecule has 0 saturated heterocycles. The van der Waals surface area contributed by atoms with Crippen LogP contribution in [0.25, 0.3) is 0 Å². The van der Waals surface area contributed by atoms with Gasteiger partial charge in [-0.25, -0.2) is 4.98 Å². The third-order valence-corrected chi connectivity index (χ3v) is 3.18. The largest absolute Gasteiger partial charge is 0.393 e. The van der Waals surface area contributed by atoms with Crippen LogP contribution < -0.4 is 0 Å². The maximum Gasteiger partial charge on any atom is 0.142 e. The first kappa shape index (κ1) is 11.6. The predicted octanol–water partition coefficient (Wildman–Crippen LogP) is 2.22. The Hall–Kier alpha value is -0.480. The molecule has 14 heavy (non-hydrogen) atoms. The van der Waals surface area contributed by atoms with Gasteiger partial charge in [0.05, 0.1) is 6.10 Å². The molecule has 0 fully saturated rings. The Morgan fingerprint density at radius 1 is 1.36 bits per heavy atom. The Morgan fingerprint density at radius 3 is 2.36 bits per heavy atom. The van der Waals surface area contributed by atoms with Crippen molar-refractivity contribution in [2.24, 2.45) is 5.92 Å². The van der Waals surface area contributed by atoms with Crippen LogP contribution in [0.5, 0.6) is 0 Å². The maximum atomic E-state index is 9.66. The van der Waals surface area contributed by atoms with Gasteiger partial charge in [-0.05, 0) is 24.4 Å². The molecule has 0 aliphatic heterocycles. The van der Waals surface area contributed by atoms with Crippen LogP contribution in [0.1, 0.15) is 44.4 Å². The van der Waals surface area contributed by atoms with Gasteiger partial charge in [-0.15, -0.1) is 0 Å². The van der Waals surface area contributed by atoms with Crippen LogP contribution in [0.2, 0.25) is 0 Å². The van der Waals surface area contributed by atoms with Crippen molar-refractivity contribution in [2.75, 3.05) is 0 Å². The molecule has 0 aliphatic rings. The summed E-state index contributed by atoms with van der Waals surface area (Å²) in [6.07, 6.45) is 0.508. The first-order valence-electron chi connectivity index (χ1n) is 5.06. The third-order valence-electron chi connectivity index (χ3n) is 2.32. The molecule has 0 radical (unpaired) electrons. The molecule has 1 rings (SSSR count). The van der Waals surface area contributed by atoms with E-state index in [1.54, 1.807) is 0 Å². The molecular formula is C10H18N2OS. The van der Waals surface area contributed by atoms with Gasteiger partial charge in [0.15, 0.2) is 0 Å². The van der Waals surface area contributed by atoms with Gasteiger partial charge in [-0.3, -0.25) is 0 Å². The van der Waals surface area contributed by atoms with Crippen molar-refractivity contribution in [3.8, 4) is 0 Å². The van der Waals surface area contributed by atoms with E-state index in [1.807, 2.05) is 13.8 Å². The molecule has 80 valence electrons. The summed E-state index contributed by atoms with van der Waals surface area (Å²) in [6.45, 7) is 8.06. The topological polar surface area (TPSA) is 46.0 Å². The lowest BCUT2D eigenvalue weighted by molar-refractivity contribution is 0.140. The van der Waals surface area contributed by atoms with Crippen LogP contribution in [-0.2, 0) is 6.42 Å². The highest BCUT2D eigenvalue weighted by molar-refractivity contribution is 7.05. The molecule has 2 atom stereocenters. The molecule has 4 heteroatoms. The first-order valence-corrected chi connectivity index (χ1v) is 5.84. The Labute approximate surface area is 89.4 Å². The number of aliphatic hydroxyl groups excluding tert-OH is 1. The lowest BCUT2D eigenvalue weighted by Gasteiger charge is -2.20. The zero-order valence-corrected chi connectivity index (χ0v) is 10.0. The van der Waals surface area contributed by atoms with Crippen molar-refractivity contribution in [3.05, 3.63) is 10.8 Å². The monoisotopic (exact) mass is 214 g/mol. The summed E-state index contributed by atoms with van der Waals surface area (Å²) in [5.41, 5.74) is 0. The minimum absolute atomic E-state index is 0.118. The van der Waals surface area contributed by atoms with Crippen LogP contribution in [-0.4, -0.2) is 20.6 Å². The lowest BCUT2D eigenvalue weighted by atomic mass is 9.92. The minimum Gasteiger partial charge on any atom is -0.393 e. The summed E-state index contributed by atoms with van der Waals surface area (Å²) in [5, 5.41) is 10.6. The van der Waals surface area contributed by atoms with E-state index in [2.05, 4.69) is 23.2 Å². The second-order valence-electron chi connectivity index (χ2n) is 3.91. The Morgan fingerprint density at radius 2 is 2.00 bits per heavy atom. The molecule has 0 bridgehead atoms. The summed E-state index contributed by atoms with van der Waals surface area (Å²) >= 11 is 1.42. The molecule has 0 amide bonds. The SMILES string of the molecule is CCc1nsc(C(C(C)C)C(C)O)n1. The van der Waals surface area contributed by atoms with E-state index < -0.39 is 0 Å². The van der Waals surface area contributed by atoms with Gasteiger partial charge in [0.1, 0.15) is 10.8 Å². The van der Waals surface area contributed by atoms with Crippen LogP contribution in [0.15, 0.2) is 0 Å². The van der Waals surface area contributed by atoms with Gasteiger partial charge >= 0.3 is 0 Å². The summed E-state index contributed by atoms with van der Waals surface area (Å²) < 4.78 is 4.24. The molecule has 2 unspecified atom stereocenters. The second-order valence-corrected chi connectivity index (χ2v) is 4.70. The van der Waals surface area contributed by atoms with Gasteiger partial charge < -0.3 is 5.11 Å². The van der Waals surface area contributed by atoms with Crippen molar-refractivity contribution in [3.63, 3.8) is 0 Å². The predicted molar refractivity (Wildman–Crippen MR) is 58.5 cm³/mol. The van der Waals surface area contributed by atoms with Crippen molar-refractivity contribution in [1.82, 2.24) is 9.36 Å². The van der Waals surface area contributed by atoms with E-state index in [0.29, 0.717) is 5.92 Å². The highest BCUT2D eigenvalue weighted by Crippen LogP contribution is 2.29. The smallest absolute Gasteiger partial charge is 0.142 e. The van der Waals surface area contributed by atoms with E-state index in [-0.39, 0.29) is 12.0 Å². The van der Waals surface area contributed by atoms with E-state index >= 15 is 0 Å². The third kappa shape index (κ3) is 2.51. The summed E-state index contributed by atoms with van der Waals surface area (Å²) in [7, 11) is 0. The number of aliphatic hydroxyl groups is 1. The number of hydrogen-bond donors (Lipinski definition) is 1. The Kier molecular flexibility index (Phi) is 4.01. The zero-order chi connectivity index (χ0) is 10.7. The van der Waals surface area contributed by atoms with Gasteiger partial charge in [0.2, 0.25) is 0 Å². The van der Waals surface area contributed by atoms with Crippen LogP contribution in [0.4, 0.5) is 0 Å². The van der Waals surface area contributed by atoms with Gasteiger partial charge in [-0.2, -0.15) is 4.37 Å². The summed E-state index contributed by atoms with van der Waals surface area (Å²) in [6, 6.07) is 0. The lowest BCUT2D eigenvalue weighted by Crippen LogP contribution is -2.19. The Balaban J connectivity index is 2.88. The number of rotatable bonds is 4. The van der Waals surface area contributed by atoms with Crippen molar-refractivity contribution < 1.29 is 5.11 Å². The molecule has 1 N–H and O–H groups in total. The number of hydrogen-bond acceptors (Lipinski definition) is 4. The maximum absolute atomic E-state index is 9.66. The van der Waals surface area contributed by atoms with Gasteiger partial charge in [0.25, 0.3) is 0 Å². The van der Waals surface area contributed by atoms with E-state index in [9.17, 15) is 5.11 Å². The first-order chi connectivity index (χ1) is 6.56. The zero-order valence-electron chi connectivity index (χ0n) is 9.19. The quantitative estimate of drug-likeness (QED) is 0.836. The summed E-state index contributed by atoms with van der Waals surface area (Å²) in [4.78, 5) is 4.42. The average Bonchev–Trinajstić information content (AvgIpc) is 2.51. The van der Waals surface area contributed by atoms with E-state index in [1.165, 1.54) is 11.5 Å². The van der Waals surface area contributed by atoms with Crippen molar-refractivity contribution >= 4 is 11.5 Å². The van der Waals surface area contributed by atoms with Gasteiger partial charge in [0, 0.05) is 12.3 Å². The fraction of sp³-hybridized carbons (Fsp3) is 0.800. The van der Waals surface area contributed by atoms with Crippen LogP contribution in [0.3, 0.4) is 0 Å². The molecule has 3 nitrogen and oxygen atoms in total. The standard InChI is InChI=1S/C10H18N2OS/c1-5-8-11-10(14-12-8)9(6(2)3)7(4)13/h6-7,9,13H,5H2,1-4H3. The Bertz CT molecular complexity index is 275. The fourth-order valence-corrected chi connectivity index (χ4v) is 2.70. The molecule has 1 aromatic heterocycles. The van der Waals surface area contributed by atoms with Crippen molar-refractivity contribution in [2.45, 2.75) is 46.1 Å². The highest BCUT2D eigenvalue weighted by Gasteiger charge is 2.24. The molecule has 0 aliphatic carbocycles. The second kappa shape index (κ2) is 4.84. The summed E-state index contributed by atoms with van der Waals surface area (Å²) in [5.74, 6) is 1.40. The molecule has 0 saturated carbocycles. The molecular weight excluding hydrogens is 196 g/mol. The molecule has 0 spiro atoms. The highest BCUT2D eigenvalue weighted by atomic mass is 32.1. The van der Waals surface area contributed by atoms with Crippen molar-refractivity contribution in [1.29, 1.82) is 0 Å². The number of aryl methyl sites for hydroxylation is 1. The molecule has 1 heterocycles. The molecule has 0 aromatic carbocycles. The van der Waals surface area contributed by atoms with Gasteiger partial charge in [-0.1, -0.05) is 20.8 Å². The fourth-order valence-electron chi connectivity index (χ4n) is 1.60. The van der Waals surface area contributed by atoms with E-state index in [0.717, 1.165) is 17.3 Å². The normalized spacial score (nSPS) is 15.9. The van der Waals surface area contributed by atoms with E-state index in [4.69, 9.17) is 0 Å². The molecule has 1 aromatic rings. The minimum atomic E-state index is -0.354. The van der Waals surface area contributed by atoms with Crippen LogP contribution in [0, 0.1) is 5.92 Å². The van der Waals surface area contributed by atoms with Crippen LogP contribution >= 0.6 is 11.5 Å². The number of nitrogens with zero attached hydrogens (tertiary/aromatic N) is 2. The average molecular weight is 214 g/mol.